The zero-order valence-electron chi connectivity index (χ0n) is 12.1. The smallest absolute Gasteiger partial charge is 0.264 e. The Bertz CT molecular complexity index is 657. The first-order valence-corrected chi connectivity index (χ1v) is 6.96. The van der Waals surface area contributed by atoms with Gasteiger partial charge in [-0.15, -0.1) is 0 Å². The Morgan fingerprint density at radius 2 is 1.95 bits per heavy atom. The van der Waals surface area contributed by atoms with E-state index in [2.05, 4.69) is 15.5 Å². The molecule has 0 unspecified atom stereocenters. The highest BCUT2D eigenvalue weighted by atomic mass is 16.2. The van der Waals surface area contributed by atoms with E-state index in [0.29, 0.717) is 11.4 Å². The van der Waals surface area contributed by atoms with Gasteiger partial charge in [-0.2, -0.15) is 0 Å². The van der Waals surface area contributed by atoms with E-state index in [4.69, 9.17) is 5.73 Å². The van der Waals surface area contributed by atoms with Gasteiger partial charge in [0.15, 0.2) is 0 Å². The third-order valence-electron chi connectivity index (χ3n) is 3.62. The van der Waals surface area contributed by atoms with Crippen LogP contribution in [0.2, 0.25) is 0 Å². The van der Waals surface area contributed by atoms with Crippen LogP contribution in [0.3, 0.4) is 0 Å². The molecule has 1 aromatic heterocycles. The number of nitrogens with one attached hydrogen (secondary N) is 3. The Hall–Kier alpha value is -2.34. The van der Waals surface area contributed by atoms with Gasteiger partial charge in [0.2, 0.25) is 5.91 Å². The minimum Gasteiger partial charge on any atom is -0.325 e. The molecule has 6 heteroatoms. The number of carbonyl (C=O) groups is 1. The van der Waals surface area contributed by atoms with E-state index < -0.39 is 6.04 Å². The third kappa shape index (κ3) is 3.61. The van der Waals surface area contributed by atoms with E-state index in [9.17, 15) is 9.59 Å². The number of hydrogen-bond donors (Lipinski definition) is 4. The molecule has 0 radical (unpaired) electrons. The minimum absolute atomic E-state index is 0.134. The van der Waals surface area contributed by atoms with Gasteiger partial charge < -0.3 is 11.1 Å². The molecule has 5 N–H and O–H groups in total. The fourth-order valence-electron chi connectivity index (χ4n) is 1.96. The Morgan fingerprint density at radius 1 is 1.29 bits per heavy atom. The molecule has 0 aliphatic heterocycles. The van der Waals surface area contributed by atoms with Crippen molar-refractivity contribution in [2.24, 2.45) is 11.7 Å². The first-order chi connectivity index (χ1) is 10.0. The lowest BCUT2D eigenvalue weighted by atomic mass is 9.99. The van der Waals surface area contributed by atoms with Crippen LogP contribution in [-0.2, 0) is 4.79 Å². The Labute approximate surface area is 122 Å². The number of H-pyrrole nitrogens is 2. The first kappa shape index (κ1) is 15.1. The van der Waals surface area contributed by atoms with Crippen molar-refractivity contribution < 1.29 is 4.79 Å². The molecular weight excluding hydrogens is 268 g/mol. The molecule has 1 heterocycles. The monoisotopic (exact) mass is 288 g/mol. The van der Waals surface area contributed by atoms with E-state index in [1.165, 1.54) is 6.07 Å². The van der Waals surface area contributed by atoms with Gasteiger partial charge in [-0.05, 0) is 23.6 Å². The number of amides is 1. The van der Waals surface area contributed by atoms with Crippen LogP contribution in [0.25, 0.3) is 11.3 Å². The summed E-state index contributed by atoms with van der Waals surface area (Å²) in [5, 5.41) is 8.06. The molecule has 2 rings (SSSR count). The average molecular weight is 288 g/mol. The number of anilines is 1. The third-order valence-corrected chi connectivity index (χ3v) is 3.62. The van der Waals surface area contributed by atoms with Crippen LogP contribution >= 0.6 is 0 Å². The fraction of sp³-hybridized carbons (Fsp3) is 0.333. The summed E-state index contributed by atoms with van der Waals surface area (Å²) in [4.78, 5) is 23.1. The molecule has 0 bridgehead atoms. The summed E-state index contributed by atoms with van der Waals surface area (Å²) in [5.41, 5.74) is 7.95. The van der Waals surface area contributed by atoms with Gasteiger partial charge in [-0.25, -0.2) is 0 Å². The summed E-state index contributed by atoms with van der Waals surface area (Å²) in [6.45, 7) is 3.96. The van der Waals surface area contributed by atoms with Crippen LogP contribution in [0.15, 0.2) is 35.1 Å². The molecule has 0 fully saturated rings. The normalized spacial score (nSPS) is 13.7. The molecule has 21 heavy (non-hydrogen) atoms. The lowest BCUT2D eigenvalue weighted by Gasteiger charge is -2.17. The van der Waals surface area contributed by atoms with Gasteiger partial charge in [-0.3, -0.25) is 19.8 Å². The summed E-state index contributed by atoms with van der Waals surface area (Å²) in [5.74, 6) is -0.0543. The van der Waals surface area contributed by atoms with Crippen molar-refractivity contribution in [2.45, 2.75) is 26.3 Å². The second kappa shape index (κ2) is 6.41. The van der Waals surface area contributed by atoms with Crippen LogP contribution in [0.5, 0.6) is 0 Å². The van der Waals surface area contributed by atoms with Crippen molar-refractivity contribution in [3.63, 3.8) is 0 Å². The van der Waals surface area contributed by atoms with Crippen molar-refractivity contribution in [1.29, 1.82) is 0 Å². The average Bonchev–Trinajstić information content (AvgIpc) is 2.93. The summed E-state index contributed by atoms with van der Waals surface area (Å²) in [6.07, 6.45) is 0.856. The number of benzene rings is 1. The largest absolute Gasteiger partial charge is 0.325 e. The first-order valence-electron chi connectivity index (χ1n) is 6.96. The number of aromatic amines is 2. The highest BCUT2D eigenvalue weighted by Crippen LogP contribution is 2.18. The van der Waals surface area contributed by atoms with Crippen LogP contribution in [0.4, 0.5) is 5.69 Å². The molecule has 0 aliphatic carbocycles. The maximum absolute atomic E-state index is 12.0. The number of nitrogens with two attached hydrogens (primary N) is 1. The molecule has 2 atom stereocenters. The molecule has 0 aliphatic rings. The Balaban J connectivity index is 2.06. The van der Waals surface area contributed by atoms with Crippen molar-refractivity contribution in [3.8, 4) is 11.3 Å². The van der Waals surface area contributed by atoms with Crippen LogP contribution in [0, 0.1) is 5.92 Å². The van der Waals surface area contributed by atoms with Crippen LogP contribution in [-0.4, -0.2) is 22.1 Å². The molecule has 1 amide bonds. The molecule has 0 saturated carbocycles. The van der Waals surface area contributed by atoms with Crippen molar-refractivity contribution in [1.82, 2.24) is 10.2 Å². The predicted octanol–water partition coefficient (Wildman–Crippen LogP) is 1.68. The van der Waals surface area contributed by atoms with E-state index in [0.717, 1.165) is 12.0 Å². The van der Waals surface area contributed by atoms with Gasteiger partial charge in [0, 0.05) is 11.8 Å². The molecule has 1 aromatic carbocycles. The number of hydrogen-bond acceptors (Lipinski definition) is 3. The SMILES string of the molecule is CC[C@H](C)[C@H](N)C(=O)Nc1ccc(-c2cc(=O)[nH][nH]2)cc1. The van der Waals surface area contributed by atoms with Gasteiger partial charge >= 0.3 is 0 Å². The maximum atomic E-state index is 12.0. The second-order valence-electron chi connectivity index (χ2n) is 5.15. The van der Waals surface area contributed by atoms with Gasteiger partial charge in [0.1, 0.15) is 0 Å². The Morgan fingerprint density at radius 3 is 2.48 bits per heavy atom. The van der Waals surface area contributed by atoms with Crippen molar-refractivity contribution >= 4 is 11.6 Å². The highest BCUT2D eigenvalue weighted by molar-refractivity contribution is 5.95. The molecule has 2 aromatic rings. The Kier molecular flexibility index (Phi) is 4.59. The zero-order valence-corrected chi connectivity index (χ0v) is 12.1. The summed E-state index contributed by atoms with van der Waals surface area (Å²) < 4.78 is 0. The van der Waals surface area contributed by atoms with E-state index >= 15 is 0 Å². The summed E-state index contributed by atoms with van der Waals surface area (Å²) in [6, 6.07) is 8.17. The quantitative estimate of drug-likeness (QED) is 0.673. The highest BCUT2D eigenvalue weighted by Gasteiger charge is 2.19. The topological polar surface area (TPSA) is 104 Å². The summed E-state index contributed by atoms with van der Waals surface area (Å²) >= 11 is 0. The van der Waals surface area contributed by atoms with Gasteiger partial charge in [0.25, 0.3) is 5.56 Å². The molecule has 0 saturated heterocycles. The minimum atomic E-state index is -0.518. The van der Waals surface area contributed by atoms with Crippen molar-refractivity contribution in [2.75, 3.05) is 5.32 Å². The number of carbonyl (C=O) groups excluding carboxylic acids is 1. The molecule has 0 spiro atoms. The molecule has 112 valence electrons. The fourth-order valence-corrected chi connectivity index (χ4v) is 1.96. The lowest BCUT2D eigenvalue weighted by Crippen LogP contribution is -2.40. The van der Waals surface area contributed by atoms with Crippen molar-refractivity contribution in [3.05, 3.63) is 40.7 Å². The van der Waals surface area contributed by atoms with E-state index in [-0.39, 0.29) is 17.4 Å². The van der Waals surface area contributed by atoms with E-state index in [1.54, 1.807) is 12.1 Å². The molecule has 6 nitrogen and oxygen atoms in total. The predicted molar refractivity (Wildman–Crippen MR) is 82.9 cm³/mol. The number of aromatic nitrogens is 2. The standard InChI is InChI=1S/C15H20N4O2/c1-3-9(2)14(16)15(21)17-11-6-4-10(5-7-11)12-8-13(20)19-18-12/h4-9,14H,3,16H2,1-2H3,(H,17,21)(H2,18,19,20)/t9-,14-/m0/s1. The maximum Gasteiger partial charge on any atom is 0.264 e. The second-order valence-corrected chi connectivity index (χ2v) is 5.15. The van der Waals surface area contributed by atoms with Gasteiger partial charge in [0.05, 0.1) is 11.7 Å². The summed E-state index contributed by atoms with van der Waals surface area (Å²) in [7, 11) is 0. The zero-order chi connectivity index (χ0) is 15.4. The number of rotatable bonds is 5. The lowest BCUT2D eigenvalue weighted by molar-refractivity contribution is -0.118. The van der Waals surface area contributed by atoms with Gasteiger partial charge in [-0.1, -0.05) is 32.4 Å². The van der Waals surface area contributed by atoms with Crippen LogP contribution < -0.4 is 16.6 Å². The molecular formula is C15H20N4O2. The van der Waals surface area contributed by atoms with E-state index in [1.807, 2.05) is 26.0 Å². The van der Waals surface area contributed by atoms with Crippen LogP contribution in [0.1, 0.15) is 20.3 Å².